The summed E-state index contributed by atoms with van der Waals surface area (Å²) in [4.78, 5) is 4.35. The molecule has 25 heavy (non-hydrogen) atoms. The molecule has 1 aromatic carbocycles. The number of aromatic nitrogens is 7. The van der Waals surface area contributed by atoms with Crippen LogP contribution in [-0.4, -0.2) is 35.0 Å². The molecule has 0 spiro atoms. The molecule has 4 aromatic heterocycles. The van der Waals surface area contributed by atoms with E-state index < -0.39 is 0 Å². The van der Waals surface area contributed by atoms with E-state index in [4.69, 9.17) is 0 Å². The van der Waals surface area contributed by atoms with Crippen molar-refractivity contribution in [3.63, 3.8) is 0 Å². The first-order valence-electron chi connectivity index (χ1n) is 7.91. The lowest BCUT2D eigenvalue weighted by molar-refractivity contribution is 0.842. The number of aromatic amines is 1. The first-order chi connectivity index (χ1) is 12.4. The lowest BCUT2D eigenvalue weighted by Gasteiger charge is -2.03. The SMILES string of the molecule is c1cnc2ccc(Cc3nnc4ccc(-c5cn[nH]c5)nn34)cc2c1. The standard InChI is InChI=1S/C18H13N7/c1-2-13-8-12(3-4-15(13)19-7-1)9-18-23-22-17-6-5-16(24-25(17)18)14-10-20-21-11-14/h1-8,10-11H,9H2,(H,20,21). The molecule has 7 heteroatoms. The van der Waals surface area contributed by atoms with Gasteiger partial charge in [0.1, 0.15) is 0 Å². The molecular weight excluding hydrogens is 314 g/mol. The maximum absolute atomic E-state index is 4.66. The van der Waals surface area contributed by atoms with Crippen molar-refractivity contribution in [3.8, 4) is 11.3 Å². The topological polar surface area (TPSA) is 84.6 Å². The highest BCUT2D eigenvalue weighted by molar-refractivity contribution is 5.79. The average Bonchev–Trinajstić information content (AvgIpc) is 3.32. The Morgan fingerprint density at radius 1 is 1.04 bits per heavy atom. The Bertz CT molecular complexity index is 1170. The summed E-state index contributed by atoms with van der Waals surface area (Å²) in [5, 5.41) is 21.1. The van der Waals surface area contributed by atoms with Crippen LogP contribution in [0.1, 0.15) is 11.4 Å². The van der Waals surface area contributed by atoms with E-state index in [0.29, 0.717) is 6.42 Å². The summed E-state index contributed by atoms with van der Waals surface area (Å²) >= 11 is 0. The van der Waals surface area contributed by atoms with Crippen molar-refractivity contribution in [2.45, 2.75) is 6.42 Å². The number of H-pyrrole nitrogens is 1. The second-order valence-electron chi connectivity index (χ2n) is 5.80. The summed E-state index contributed by atoms with van der Waals surface area (Å²) in [7, 11) is 0. The largest absolute Gasteiger partial charge is 0.285 e. The van der Waals surface area contributed by atoms with Crippen molar-refractivity contribution in [1.29, 1.82) is 0 Å². The quantitative estimate of drug-likeness (QED) is 0.551. The molecular formula is C18H13N7. The number of benzene rings is 1. The zero-order valence-electron chi connectivity index (χ0n) is 13.2. The van der Waals surface area contributed by atoms with E-state index in [1.165, 1.54) is 0 Å². The molecule has 5 aromatic rings. The normalized spacial score (nSPS) is 11.4. The second-order valence-corrected chi connectivity index (χ2v) is 5.80. The molecule has 0 amide bonds. The fourth-order valence-electron chi connectivity index (χ4n) is 2.91. The molecule has 0 aliphatic carbocycles. The van der Waals surface area contributed by atoms with Gasteiger partial charge in [0.2, 0.25) is 0 Å². The Morgan fingerprint density at radius 2 is 2.04 bits per heavy atom. The lowest BCUT2D eigenvalue weighted by atomic mass is 10.1. The smallest absolute Gasteiger partial charge is 0.177 e. The van der Waals surface area contributed by atoms with Crippen LogP contribution < -0.4 is 0 Å². The third kappa shape index (κ3) is 2.42. The monoisotopic (exact) mass is 327 g/mol. The van der Waals surface area contributed by atoms with Crippen LogP contribution >= 0.6 is 0 Å². The van der Waals surface area contributed by atoms with Crippen molar-refractivity contribution in [2.24, 2.45) is 0 Å². The van der Waals surface area contributed by atoms with Gasteiger partial charge in [-0.05, 0) is 35.9 Å². The van der Waals surface area contributed by atoms with Gasteiger partial charge in [-0.25, -0.2) is 0 Å². The predicted octanol–water partition coefficient (Wildman–Crippen LogP) is 2.65. The van der Waals surface area contributed by atoms with E-state index >= 15 is 0 Å². The van der Waals surface area contributed by atoms with Crippen LogP contribution in [0.3, 0.4) is 0 Å². The zero-order chi connectivity index (χ0) is 16.6. The minimum atomic E-state index is 0.647. The van der Waals surface area contributed by atoms with Crippen molar-refractivity contribution >= 4 is 16.6 Å². The predicted molar refractivity (Wildman–Crippen MR) is 92.9 cm³/mol. The van der Waals surface area contributed by atoms with Crippen molar-refractivity contribution in [2.75, 3.05) is 0 Å². The van der Waals surface area contributed by atoms with Gasteiger partial charge in [-0.2, -0.15) is 14.7 Å². The third-order valence-corrected chi connectivity index (χ3v) is 4.15. The fourth-order valence-corrected chi connectivity index (χ4v) is 2.91. The lowest BCUT2D eigenvalue weighted by Crippen LogP contribution is -2.01. The highest BCUT2D eigenvalue weighted by Crippen LogP contribution is 2.18. The summed E-state index contributed by atoms with van der Waals surface area (Å²) in [5.41, 5.74) is 4.61. The Morgan fingerprint density at radius 3 is 2.96 bits per heavy atom. The molecule has 7 nitrogen and oxygen atoms in total. The van der Waals surface area contributed by atoms with Gasteiger partial charge in [-0.15, -0.1) is 10.2 Å². The summed E-state index contributed by atoms with van der Waals surface area (Å²) in [6, 6.07) is 14.1. The Hall–Kier alpha value is -3.61. The van der Waals surface area contributed by atoms with E-state index in [9.17, 15) is 0 Å². The molecule has 0 bridgehead atoms. The van der Waals surface area contributed by atoms with Crippen molar-refractivity contribution < 1.29 is 0 Å². The molecule has 0 fully saturated rings. The van der Waals surface area contributed by atoms with Crippen LogP contribution in [-0.2, 0) is 6.42 Å². The van der Waals surface area contributed by atoms with Crippen LogP contribution in [0, 0.1) is 0 Å². The summed E-state index contributed by atoms with van der Waals surface area (Å²) in [5.74, 6) is 0.795. The van der Waals surface area contributed by atoms with Crippen LogP contribution in [0.4, 0.5) is 0 Å². The van der Waals surface area contributed by atoms with Gasteiger partial charge in [0, 0.05) is 29.8 Å². The molecule has 0 aliphatic rings. The minimum absolute atomic E-state index is 0.647. The van der Waals surface area contributed by atoms with Crippen molar-refractivity contribution in [3.05, 3.63) is 72.4 Å². The van der Waals surface area contributed by atoms with Crippen LogP contribution in [0.5, 0.6) is 0 Å². The molecule has 1 N–H and O–H groups in total. The third-order valence-electron chi connectivity index (χ3n) is 4.15. The fraction of sp³-hybridized carbons (Fsp3) is 0.0556. The van der Waals surface area contributed by atoms with Crippen LogP contribution in [0.2, 0.25) is 0 Å². The van der Waals surface area contributed by atoms with Gasteiger partial charge in [-0.1, -0.05) is 12.1 Å². The van der Waals surface area contributed by atoms with Gasteiger partial charge < -0.3 is 0 Å². The first-order valence-corrected chi connectivity index (χ1v) is 7.91. The summed E-state index contributed by atoms with van der Waals surface area (Å²) < 4.78 is 1.79. The second kappa shape index (κ2) is 5.48. The number of pyridine rings is 1. The molecule has 0 radical (unpaired) electrons. The molecule has 120 valence electrons. The van der Waals surface area contributed by atoms with E-state index in [1.54, 1.807) is 16.9 Å². The molecule has 0 aliphatic heterocycles. The van der Waals surface area contributed by atoms with E-state index in [-0.39, 0.29) is 0 Å². The van der Waals surface area contributed by atoms with Gasteiger partial charge in [0.25, 0.3) is 0 Å². The van der Waals surface area contributed by atoms with E-state index in [0.717, 1.165) is 39.2 Å². The average molecular weight is 327 g/mol. The zero-order valence-corrected chi connectivity index (χ0v) is 13.2. The molecule has 5 rings (SSSR count). The van der Waals surface area contributed by atoms with Gasteiger partial charge >= 0.3 is 0 Å². The number of rotatable bonds is 3. The van der Waals surface area contributed by atoms with Crippen LogP contribution in [0.25, 0.3) is 27.8 Å². The van der Waals surface area contributed by atoms with Crippen LogP contribution in [0.15, 0.2) is 61.1 Å². The number of nitrogens with zero attached hydrogens (tertiary/aromatic N) is 6. The number of nitrogens with one attached hydrogen (secondary N) is 1. The molecule has 0 saturated heterocycles. The highest BCUT2D eigenvalue weighted by atomic mass is 15.4. The maximum atomic E-state index is 4.66. The molecule has 4 heterocycles. The Kier molecular flexibility index (Phi) is 3.03. The first kappa shape index (κ1) is 13.8. The van der Waals surface area contributed by atoms with Gasteiger partial charge in [-0.3, -0.25) is 10.1 Å². The summed E-state index contributed by atoms with van der Waals surface area (Å²) in [6.07, 6.45) is 6.01. The number of hydrogen-bond acceptors (Lipinski definition) is 5. The van der Waals surface area contributed by atoms with Gasteiger partial charge in [0.15, 0.2) is 11.5 Å². The maximum Gasteiger partial charge on any atom is 0.177 e. The Labute approximate surface area is 142 Å². The molecule has 0 saturated carbocycles. The molecule has 0 atom stereocenters. The minimum Gasteiger partial charge on any atom is -0.285 e. The van der Waals surface area contributed by atoms with Gasteiger partial charge in [0.05, 0.1) is 17.4 Å². The highest BCUT2D eigenvalue weighted by Gasteiger charge is 2.10. The Balaban J connectivity index is 1.56. The molecule has 0 unspecified atom stereocenters. The van der Waals surface area contributed by atoms with Crippen molar-refractivity contribution in [1.82, 2.24) is 35.0 Å². The summed E-state index contributed by atoms with van der Waals surface area (Å²) in [6.45, 7) is 0. The number of hydrogen-bond donors (Lipinski definition) is 1. The number of fused-ring (bicyclic) bond motifs is 2. The van der Waals surface area contributed by atoms with E-state index in [1.807, 2.05) is 30.5 Å². The van der Waals surface area contributed by atoms with E-state index in [2.05, 4.69) is 48.7 Å².